The molecule has 0 aromatic heterocycles. The molecule has 14 heteroatoms. The Hall–Kier alpha value is 3.21. The fourth-order valence-corrected chi connectivity index (χ4v) is 0. The fourth-order valence-electron chi connectivity index (χ4n) is 0. The van der Waals surface area contributed by atoms with Crippen LogP contribution in [-0.2, 0) is 55.0 Å². The van der Waals surface area contributed by atoms with Gasteiger partial charge in [-0.3, -0.25) is 0 Å². The summed E-state index contributed by atoms with van der Waals surface area (Å²) < 4.78 is 76.7. The van der Waals surface area contributed by atoms with Gasteiger partial charge in [0.15, 0.2) is 0 Å². The zero-order valence-corrected chi connectivity index (χ0v) is 12.6. The molecule has 0 aliphatic carbocycles. The Labute approximate surface area is 152 Å². The SMILES string of the molecule is [Er+3].[Er+3].[O]=[Mn]([O-])[O-].[O]=[Mn]([O-])[O-].[O]=[Mn]([O-])[O-]. The maximum atomic E-state index is 8.52. The summed E-state index contributed by atoms with van der Waals surface area (Å²) in [6.07, 6.45) is 0. The minimum atomic E-state index is -3.65. The molecule has 0 saturated carbocycles. The zero-order valence-electron chi connectivity index (χ0n) is 5.39. The molecule has 99 valence electrons. The molecule has 0 saturated heterocycles. The van der Waals surface area contributed by atoms with E-state index in [1.54, 1.807) is 0 Å². The predicted octanol–water partition coefficient (Wildman–Crippen LogP) is -7.50. The van der Waals surface area contributed by atoms with E-state index in [1.807, 2.05) is 0 Å². The molecule has 9 nitrogen and oxygen atoms in total. The van der Waals surface area contributed by atoms with Crippen LogP contribution in [0.15, 0.2) is 0 Å². The Balaban J connectivity index is -0.0000000270. The molecule has 0 aliphatic rings. The summed E-state index contributed by atoms with van der Waals surface area (Å²) in [7, 11) is 0. The summed E-state index contributed by atoms with van der Waals surface area (Å²) in [6, 6.07) is 0. The molecule has 2 radical (unpaired) electrons. The van der Waals surface area contributed by atoms with Crippen LogP contribution in [0.5, 0.6) is 0 Å². The van der Waals surface area contributed by atoms with Gasteiger partial charge in [-0.25, -0.2) is 0 Å². The van der Waals surface area contributed by atoms with Crippen molar-refractivity contribution in [3.8, 4) is 0 Å². The van der Waals surface area contributed by atoms with Gasteiger partial charge < -0.3 is 0 Å². The molecule has 0 rings (SSSR count). The van der Waals surface area contributed by atoms with Gasteiger partial charge in [0.05, 0.1) is 0 Å². The van der Waals surface area contributed by atoms with E-state index in [2.05, 4.69) is 0 Å². The van der Waals surface area contributed by atoms with Gasteiger partial charge in [-0.15, -0.1) is 0 Å². The second-order valence-corrected chi connectivity index (χ2v) is 2.34. The fraction of sp³-hybridized carbons (Fsp3) is 0. The summed E-state index contributed by atoms with van der Waals surface area (Å²) in [4.78, 5) is 0. The second kappa shape index (κ2) is 25.2. The van der Waals surface area contributed by atoms with Gasteiger partial charge in [0.1, 0.15) is 0 Å². The summed E-state index contributed by atoms with van der Waals surface area (Å²) in [6.45, 7) is 0. The Morgan fingerprint density at radius 3 is 0.500 bits per heavy atom. The van der Waals surface area contributed by atoms with Gasteiger partial charge in [-0.1, -0.05) is 0 Å². The van der Waals surface area contributed by atoms with Crippen molar-refractivity contribution in [3.63, 3.8) is 0 Å². The maximum absolute atomic E-state index is 8.52. The Kier molecular flexibility index (Phi) is 54.5. The van der Waals surface area contributed by atoms with Gasteiger partial charge in [0.2, 0.25) is 0 Å². The molecule has 0 spiro atoms. The molecule has 0 unspecified atom stereocenters. The van der Waals surface area contributed by atoms with Gasteiger partial charge in [0.25, 0.3) is 0 Å². The molecular formula is Er2Mn3O9. The van der Waals surface area contributed by atoms with Crippen LogP contribution in [0.1, 0.15) is 0 Å². The van der Waals surface area contributed by atoms with E-state index < -0.39 is 43.5 Å². The molecule has 0 bridgehead atoms. The molecule has 0 amide bonds. The van der Waals surface area contributed by atoms with Crippen LogP contribution in [0, 0.1) is 74.6 Å². The van der Waals surface area contributed by atoms with E-state index in [4.69, 9.17) is 36.6 Å². The van der Waals surface area contributed by atoms with Gasteiger partial charge in [-0.2, -0.15) is 0 Å². The van der Waals surface area contributed by atoms with E-state index in [1.165, 1.54) is 0 Å². The normalized spacial score (nSPS) is 7.50. The van der Waals surface area contributed by atoms with E-state index in [-0.39, 0.29) is 74.6 Å². The van der Waals surface area contributed by atoms with Gasteiger partial charge in [0, 0.05) is 0 Å². The Morgan fingerprint density at radius 2 is 0.500 bits per heavy atom. The first-order valence-electron chi connectivity index (χ1n) is 1.39. The minimum absolute atomic E-state index is 0. The third kappa shape index (κ3) is 298. The predicted molar refractivity (Wildman–Crippen MR) is 2.06 cm³/mol. The average Bonchev–Trinajstić information content (AvgIpc) is 1.54. The van der Waals surface area contributed by atoms with Crippen LogP contribution in [0.4, 0.5) is 0 Å². The Bertz CT molecular complexity index is 116. The van der Waals surface area contributed by atoms with Crippen molar-refractivity contribution < 1.29 is 155 Å². The third-order valence-corrected chi connectivity index (χ3v) is 0. The molecule has 0 N–H and O–H groups in total. The molecule has 0 atom stereocenters. The third-order valence-electron chi connectivity index (χ3n) is 0. The van der Waals surface area contributed by atoms with Crippen molar-refractivity contribution in [2.75, 3.05) is 0 Å². The van der Waals surface area contributed by atoms with Gasteiger partial charge >= 0.3 is 155 Å². The molecule has 0 aromatic carbocycles. The van der Waals surface area contributed by atoms with Crippen LogP contribution < -0.4 is 25.1 Å². The first kappa shape index (κ1) is 30.3. The van der Waals surface area contributed by atoms with Crippen molar-refractivity contribution in [2.45, 2.75) is 0 Å². The van der Waals surface area contributed by atoms with Crippen LogP contribution in [-0.4, -0.2) is 0 Å². The van der Waals surface area contributed by atoms with E-state index in [0.717, 1.165) is 0 Å². The standard InChI is InChI=1S/2Er.3Mn.9O/q2*+3;;;;;;;6*-1. The summed E-state index contributed by atoms with van der Waals surface area (Å²) >= 11 is -10.9. The second-order valence-electron chi connectivity index (χ2n) is 0.567. The number of rotatable bonds is 0. The Morgan fingerprint density at radius 1 is 0.500 bits per heavy atom. The zero-order chi connectivity index (χ0) is 10.7. The summed E-state index contributed by atoms with van der Waals surface area (Å²) in [5.41, 5.74) is 0. The molecule has 14 heavy (non-hydrogen) atoms. The number of hydrogen-bond donors (Lipinski definition) is 0. The van der Waals surface area contributed by atoms with Crippen LogP contribution in [0.25, 0.3) is 0 Å². The van der Waals surface area contributed by atoms with Crippen molar-refractivity contribution in [3.05, 3.63) is 0 Å². The average molecular weight is 643 g/mol. The molecule has 0 aromatic rings. The van der Waals surface area contributed by atoms with E-state index in [0.29, 0.717) is 0 Å². The van der Waals surface area contributed by atoms with Crippen molar-refractivity contribution >= 4 is 0 Å². The van der Waals surface area contributed by atoms with Gasteiger partial charge in [-0.05, 0) is 0 Å². The summed E-state index contributed by atoms with van der Waals surface area (Å²) in [5.74, 6) is 0. The van der Waals surface area contributed by atoms with Crippen LogP contribution in [0.3, 0.4) is 0 Å². The number of hydrogen-bond acceptors (Lipinski definition) is 9. The first-order valence-corrected chi connectivity index (χ1v) is 5.73. The molecular weight excluding hydrogens is 643 g/mol. The van der Waals surface area contributed by atoms with Crippen molar-refractivity contribution in [2.24, 2.45) is 0 Å². The van der Waals surface area contributed by atoms with Crippen LogP contribution >= 0.6 is 0 Å². The summed E-state index contributed by atoms with van der Waals surface area (Å²) in [5, 5.41) is 0. The van der Waals surface area contributed by atoms with E-state index in [9.17, 15) is 0 Å². The van der Waals surface area contributed by atoms with Crippen LogP contribution in [0.2, 0.25) is 0 Å². The quantitative estimate of drug-likeness (QED) is 0.231. The monoisotopic (exact) mass is 641 g/mol. The van der Waals surface area contributed by atoms with E-state index >= 15 is 0 Å². The molecule has 0 fully saturated rings. The van der Waals surface area contributed by atoms with Crippen molar-refractivity contribution in [1.29, 1.82) is 0 Å². The molecule has 0 aliphatic heterocycles. The topological polar surface area (TPSA) is 190 Å². The molecule has 0 heterocycles. The van der Waals surface area contributed by atoms with Crippen molar-refractivity contribution in [1.82, 2.24) is 0 Å². The first-order chi connectivity index (χ1) is 5.20.